The molecule has 0 atom stereocenters. The summed E-state index contributed by atoms with van der Waals surface area (Å²) >= 11 is 0. The van der Waals surface area contributed by atoms with E-state index in [1.54, 1.807) is 0 Å². The lowest BCUT2D eigenvalue weighted by Gasteiger charge is -2.09. The zero-order valence-electron chi connectivity index (χ0n) is 12.8. The van der Waals surface area contributed by atoms with E-state index in [-0.39, 0.29) is 28.6 Å². The number of hydrogen-bond acceptors (Lipinski definition) is 5. The van der Waals surface area contributed by atoms with Crippen molar-refractivity contribution in [2.45, 2.75) is 24.7 Å². The molecular weight excluding hydrogens is 324 g/mol. The molecule has 0 saturated heterocycles. The van der Waals surface area contributed by atoms with Gasteiger partial charge in [-0.2, -0.15) is 0 Å². The van der Waals surface area contributed by atoms with Crippen LogP contribution in [-0.2, 0) is 19.4 Å². The van der Waals surface area contributed by atoms with Crippen molar-refractivity contribution in [3.8, 4) is 0 Å². The van der Waals surface area contributed by atoms with E-state index < -0.39 is 21.7 Å². The largest absolute Gasteiger partial charge is 0.478 e. The Morgan fingerprint density at radius 2 is 1.78 bits per heavy atom. The van der Waals surface area contributed by atoms with Gasteiger partial charge in [0.2, 0.25) is 11.8 Å². The molecule has 0 spiro atoms. The molecule has 0 heterocycles. The van der Waals surface area contributed by atoms with Crippen LogP contribution in [0.2, 0.25) is 0 Å². The smallest absolute Gasteiger partial charge is 0.335 e. The van der Waals surface area contributed by atoms with Gasteiger partial charge in [0, 0.05) is 18.4 Å². The fraction of sp³-hybridized carbons (Fsp3) is 0.357. The topological polar surface area (TPSA) is 130 Å². The van der Waals surface area contributed by atoms with Gasteiger partial charge >= 0.3 is 5.97 Å². The van der Waals surface area contributed by atoms with Crippen LogP contribution < -0.4 is 10.6 Å². The Kier molecular flexibility index (Phi) is 6.26. The number of sulfone groups is 1. The van der Waals surface area contributed by atoms with Crippen molar-refractivity contribution in [1.82, 2.24) is 5.32 Å². The monoisotopic (exact) mass is 342 g/mol. The van der Waals surface area contributed by atoms with Crippen LogP contribution in [0.5, 0.6) is 0 Å². The van der Waals surface area contributed by atoms with Crippen LogP contribution in [-0.4, -0.2) is 44.1 Å². The summed E-state index contributed by atoms with van der Waals surface area (Å²) < 4.78 is 23.1. The van der Waals surface area contributed by atoms with Crippen molar-refractivity contribution in [3.63, 3.8) is 0 Å². The summed E-state index contributed by atoms with van der Waals surface area (Å²) in [5.41, 5.74) is -0.238. The molecule has 1 aromatic carbocycles. The molecule has 23 heavy (non-hydrogen) atoms. The van der Waals surface area contributed by atoms with E-state index in [1.807, 2.05) is 6.92 Å². The molecule has 0 aromatic heterocycles. The maximum Gasteiger partial charge on any atom is 0.335 e. The quantitative estimate of drug-likeness (QED) is 0.667. The third kappa shape index (κ3) is 6.07. The Morgan fingerprint density at radius 3 is 2.30 bits per heavy atom. The first-order chi connectivity index (χ1) is 10.6. The number of nitrogens with one attached hydrogen (secondary N) is 2. The van der Waals surface area contributed by atoms with Crippen molar-refractivity contribution in [3.05, 3.63) is 23.8 Å². The first-order valence-electron chi connectivity index (χ1n) is 6.78. The summed E-state index contributed by atoms with van der Waals surface area (Å²) in [7, 11) is -3.63. The molecule has 0 fully saturated rings. The maximum atomic E-state index is 11.7. The predicted molar refractivity (Wildman–Crippen MR) is 83.1 cm³/mol. The number of rotatable bonds is 7. The van der Waals surface area contributed by atoms with E-state index in [9.17, 15) is 22.8 Å². The fourth-order valence-electron chi connectivity index (χ4n) is 1.71. The number of benzene rings is 1. The predicted octanol–water partition coefficient (Wildman–Crippen LogP) is 0.643. The van der Waals surface area contributed by atoms with Gasteiger partial charge in [-0.15, -0.1) is 0 Å². The third-order valence-corrected chi connectivity index (χ3v) is 3.88. The second-order valence-corrected chi connectivity index (χ2v) is 6.91. The fourth-order valence-corrected chi connectivity index (χ4v) is 2.39. The Bertz CT molecular complexity index is 727. The minimum absolute atomic E-state index is 0.0278. The summed E-state index contributed by atoms with van der Waals surface area (Å²) in [6, 6.07) is 3.31. The number of carbonyl (C=O) groups excluding carboxylic acids is 2. The minimum atomic E-state index is -3.63. The van der Waals surface area contributed by atoms with E-state index in [0.29, 0.717) is 12.8 Å². The number of amides is 2. The molecule has 1 aromatic rings. The zero-order chi connectivity index (χ0) is 17.6. The average molecular weight is 342 g/mol. The standard InChI is InChI=1S/C14H18N2O6S/c1-3-4-12(17)15-8-13(18)16-10-5-9(14(19)20)6-11(7-10)23(2,21)22/h5-7H,3-4,8H2,1-2H3,(H,15,17)(H,16,18)(H,19,20). The van der Waals surface area contributed by atoms with E-state index >= 15 is 0 Å². The molecule has 1 rings (SSSR count). The maximum absolute atomic E-state index is 11.7. The highest BCUT2D eigenvalue weighted by Crippen LogP contribution is 2.19. The summed E-state index contributed by atoms with van der Waals surface area (Å²) in [4.78, 5) is 33.8. The van der Waals surface area contributed by atoms with Gasteiger partial charge in [0.25, 0.3) is 0 Å². The molecule has 2 amide bonds. The summed E-state index contributed by atoms with van der Waals surface area (Å²) in [5.74, 6) is -2.18. The Labute approximate surface area is 133 Å². The van der Waals surface area contributed by atoms with Gasteiger partial charge in [0.15, 0.2) is 9.84 Å². The van der Waals surface area contributed by atoms with Crippen LogP contribution in [0.4, 0.5) is 5.69 Å². The molecule has 0 saturated carbocycles. The van der Waals surface area contributed by atoms with Gasteiger partial charge in [0.05, 0.1) is 17.0 Å². The number of hydrogen-bond donors (Lipinski definition) is 3. The van der Waals surface area contributed by atoms with Gasteiger partial charge < -0.3 is 15.7 Å². The van der Waals surface area contributed by atoms with Crippen LogP contribution in [0.3, 0.4) is 0 Å². The summed E-state index contributed by atoms with van der Waals surface area (Å²) in [6.45, 7) is 1.54. The Balaban J connectivity index is 2.91. The van der Waals surface area contributed by atoms with Gasteiger partial charge in [-0.3, -0.25) is 9.59 Å². The lowest BCUT2D eigenvalue weighted by molar-refractivity contribution is -0.124. The first kappa shape index (κ1) is 18.6. The van der Waals surface area contributed by atoms with Crippen LogP contribution in [0.25, 0.3) is 0 Å². The molecular formula is C14H18N2O6S. The number of aromatic carboxylic acids is 1. The molecule has 9 heteroatoms. The van der Waals surface area contributed by atoms with Gasteiger partial charge in [-0.05, 0) is 24.6 Å². The Morgan fingerprint density at radius 1 is 1.13 bits per heavy atom. The van der Waals surface area contributed by atoms with Gasteiger partial charge in [-0.25, -0.2) is 13.2 Å². The SMILES string of the molecule is CCCC(=O)NCC(=O)Nc1cc(C(=O)O)cc(S(C)(=O)=O)c1. The van der Waals surface area contributed by atoms with Crippen LogP contribution in [0.1, 0.15) is 30.1 Å². The number of carboxylic acid groups (broad SMARTS) is 1. The number of anilines is 1. The summed E-state index contributed by atoms with van der Waals surface area (Å²) in [5, 5.41) is 13.8. The molecule has 0 bridgehead atoms. The first-order valence-corrected chi connectivity index (χ1v) is 8.67. The van der Waals surface area contributed by atoms with Crippen molar-refractivity contribution < 1.29 is 27.9 Å². The zero-order valence-corrected chi connectivity index (χ0v) is 13.6. The van der Waals surface area contributed by atoms with E-state index in [4.69, 9.17) is 5.11 Å². The van der Waals surface area contributed by atoms with E-state index in [1.165, 1.54) is 0 Å². The van der Waals surface area contributed by atoms with E-state index in [0.717, 1.165) is 24.5 Å². The highest BCUT2D eigenvalue weighted by atomic mass is 32.2. The molecule has 0 aliphatic carbocycles. The average Bonchev–Trinajstić information content (AvgIpc) is 2.44. The highest BCUT2D eigenvalue weighted by Gasteiger charge is 2.15. The lowest BCUT2D eigenvalue weighted by atomic mass is 10.2. The van der Waals surface area contributed by atoms with Gasteiger partial charge in [0.1, 0.15) is 0 Å². The van der Waals surface area contributed by atoms with Crippen molar-refractivity contribution in [2.24, 2.45) is 0 Å². The third-order valence-electron chi connectivity index (χ3n) is 2.79. The highest BCUT2D eigenvalue weighted by molar-refractivity contribution is 7.90. The second kappa shape index (κ2) is 7.73. The number of carboxylic acids is 1. The normalized spacial score (nSPS) is 10.9. The molecule has 0 radical (unpaired) electrons. The van der Waals surface area contributed by atoms with Crippen LogP contribution >= 0.6 is 0 Å². The molecule has 3 N–H and O–H groups in total. The molecule has 8 nitrogen and oxygen atoms in total. The van der Waals surface area contributed by atoms with Crippen molar-refractivity contribution >= 4 is 33.3 Å². The van der Waals surface area contributed by atoms with Crippen molar-refractivity contribution in [2.75, 3.05) is 18.1 Å². The van der Waals surface area contributed by atoms with Crippen molar-refractivity contribution in [1.29, 1.82) is 0 Å². The molecule has 126 valence electrons. The second-order valence-electron chi connectivity index (χ2n) is 4.90. The van der Waals surface area contributed by atoms with Gasteiger partial charge in [-0.1, -0.05) is 6.92 Å². The Hall–Kier alpha value is -2.42. The minimum Gasteiger partial charge on any atom is -0.478 e. The lowest BCUT2D eigenvalue weighted by Crippen LogP contribution is -2.32. The molecule has 0 aliphatic rings. The van der Waals surface area contributed by atoms with Crippen LogP contribution in [0, 0.1) is 0 Å². The molecule has 0 unspecified atom stereocenters. The number of carbonyl (C=O) groups is 3. The van der Waals surface area contributed by atoms with Crippen LogP contribution in [0.15, 0.2) is 23.1 Å². The molecule has 0 aliphatic heterocycles. The summed E-state index contributed by atoms with van der Waals surface area (Å²) in [6.07, 6.45) is 1.87. The van der Waals surface area contributed by atoms with E-state index in [2.05, 4.69) is 10.6 Å².